The lowest BCUT2D eigenvalue weighted by atomic mass is 9.92. The Morgan fingerprint density at radius 3 is 1.83 bits per heavy atom. The number of carbonyl (C=O) groups excluding carboxylic acids is 4. The highest BCUT2D eigenvalue weighted by molar-refractivity contribution is 5.98. The zero-order valence-electron chi connectivity index (χ0n) is 27.9. The maximum absolute atomic E-state index is 14.6. The van der Waals surface area contributed by atoms with Gasteiger partial charge in [0.1, 0.15) is 0 Å². The van der Waals surface area contributed by atoms with E-state index >= 15 is 0 Å². The van der Waals surface area contributed by atoms with E-state index in [9.17, 15) is 28.0 Å². The molecule has 3 rings (SSSR count). The van der Waals surface area contributed by atoms with Gasteiger partial charge in [0.25, 0.3) is 18.2 Å². The highest BCUT2D eigenvalue weighted by Gasteiger charge is 2.52. The van der Waals surface area contributed by atoms with Crippen LogP contribution in [0.15, 0.2) is 48.5 Å². The molecule has 1 fully saturated rings. The number of esters is 1. The number of amides is 2. The van der Waals surface area contributed by atoms with Crippen LogP contribution in [-0.4, -0.2) is 73.0 Å². The number of halogens is 2. The number of carbonyl (C=O) groups is 4. The molecule has 0 aromatic heterocycles. The summed E-state index contributed by atoms with van der Waals surface area (Å²) in [5.41, 5.74) is -0.670. The fraction of sp³-hybridized carbons (Fsp3) is 0.486. The first-order valence-electron chi connectivity index (χ1n) is 15.2. The smallest absolute Gasteiger partial charge is 0.337 e. The van der Waals surface area contributed by atoms with Gasteiger partial charge in [-0.15, -0.1) is 0 Å². The van der Waals surface area contributed by atoms with Gasteiger partial charge in [-0.05, 0) is 90.4 Å². The van der Waals surface area contributed by atoms with E-state index in [1.165, 1.54) is 59.2 Å². The predicted molar refractivity (Wildman–Crippen MR) is 170 cm³/mol. The van der Waals surface area contributed by atoms with E-state index in [2.05, 4.69) is 22.1 Å². The van der Waals surface area contributed by atoms with Gasteiger partial charge in [-0.25, -0.2) is 13.6 Å². The molecular formula is C35H43F2N3O7. The average molecular weight is 656 g/mol. The molecule has 2 amide bonds. The molecule has 0 bridgehead atoms. The molecule has 1 saturated heterocycles. The van der Waals surface area contributed by atoms with Crippen molar-refractivity contribution in [3.05, 3.63) is 70.8 Å². The van der Waals surface area contributed by atoms with Gasteiger partial charge in [-0.2, -0.15) is 5.48 Å². The molecule has 2 atom stereocenters. The van der Waals surface area contributed by atoms with E-state index in [1.54, 1.807) is 12.1 Å². The lowest BCUT2D eigenvalue weighted by molar-refractivity contribution is -0.194. The van der Waals surface area contributed by atoms with E-state index < -0.39 is 52.7 Å². The summed E-state index contributed by atoms with van der Waals surface area (Å²) in [6.45, 7) is 13.8. The molecule has 10 nitrogen and oxygen atoms in total. The number of nitrogens with zero attached hydrogens (tertiary/aromatic N) is 1. The van der Waals surface area contributed by atoms with Gasteiger partial charge in [0.05, 0.1) is 24.0 Å². The molecule has 2 aromatic rings. The fourth-order valence-electron chi connectivity index (χ4n) is 4.13. The van der Waals surface area contributed by atoms with E-state index in [4.69, 9.17) is 14.3 Å². The molecule has 1 aliphatic rings. The number of ether oxygens (including phenoxy) is 2. The number of hydrogen-bond donors (Lipinski definition) is 2. The minimum absolute atomic E-state index is 0.0197. The minimum Gasteiger partial charge on any atom is -0.450 e. The van der Waals surface area contributed by atoms with Crippen molar-refractivity contribution in [3.63, 3.8) is 0 Å². The first kappa shape index (κ1) is 37.1. The largest absolute Gasteiger partial charge is 0.450 e. The van der Waals surface area contributed by atoms with Gasteiger partial charge >= 0.3 is 11.9 Å². The number of morpholine rings is 1. The molecule has 1 heterocycles. The van der Waals surface area contributed by atoms with Crippen molar-refractivity contribution in [2.75, 3.05) is 26.3 Å². The second kappa shape index (κ2) is 15.5. The van der Waals surface area contributed by atoms with Crippen LogP contribution in [0.25, 0.3) is 0 Å². The van der Waals surface area contributed by atoms with Gasteiger partial charge in [-0.3, -0.25) is 19.3 Å². The predicted octanol–water partition coefficient (Wildman–Crippen LogP) is 4.25. The third-order valence-electron chi connectivity index (χ3n) is 7.29. The number of benzene rings is 2. The van der Waals surface area contributed by atoms with Crippen LogP contribution in [-0.2, 0) is 35.2 Å². The molecule has 1 aliphatic heterocycles. The molecular weight excluding hydrogens is 612 g/mol. The Morgan fingerprint density at radius 1 is 0.830 bits per heavy atom. The summed E-state index contributed by atoms with van der Waals surface area (Å²) < 4.78 is 39.7. The van der Waals surface area contributed by atoms with Crippen LogP contribution >= 0.6 is 0 Å². The van der Waals surface area contributed by atoms with Crippen LogP contribution in [0.3, 0.4) is 0 Å². The molecule has 0 aliphatic carbocycles. The van der Waals surface area contributed by atoms with E-state index in [1.807, 2.05) is 29.7 Å². The van der Waals surface area contributed by atoms with Crippen LogP contribution in [0, 0.1) is 22.7 Å². The average Bonchev–Trinajstić information content (AvgIpc) is 3.01. The Labute approximate surface area is 274 Å². The number of rotatable bonds is 8. The SMILES string of the molecule is CC(C)(C)C(=O)ONC(=O)[C@@H](NC(=O)c1ccc(C#Cc2ccc(CN3CCOCC3)cc2)cc1)[C@](C)(OC(=O)C(C)(C)C)C(F)F. The molecule has 0 spiro atoms. The van der Waals surface area contributed by atoms with Gasteiger partial charge in [-0.1, -0.05) is 24.0 Å². The van der Waals surface area contributed by atoms with Crippen molar-refractivity contribution < 1.29 is 42.3 Å². The molecule has 2 aromatic carbocycles. The summed E-state index contributed by atoms with van der Waals surface area (Å²) in [5, 5.41) is 2.24. The standard InChI is InChI=1S/C35H43F2N3O7/c1-33(2,3)31(43)46-35(7,30(36)37)27(29(42)39-47-32(44)34(4,5)6)38-28(41)26-16-14-24(15-17-26)9-8-23-10-12-25(13-11-23)22-40-18-20-45-21-19-40/h10-17,27,30H,18-22H2,1-7H3,(H,38,41)(H,39,42)/t27-,35+/m1/s1. The Morgan fingerprint density at radius 2 is 1.34 bits per heavy atom. The number of nitrogens with one attached hydrogen (secondary N) is 2. The van der Waals surface area contributed by atoms with E-state index in [-0.39, 0.29) is 5.56 Å². The summed E-state index contributed by atoms with van der Waals surface area (Å²) in [4.78, 5) is 58.4. The summed E-state index contributed by atoms with van der Waals surface area (Å²) in [7, 11) is 0. The summed E-state index contributed by atoms with van der Waals surface area (Å²) in [6, 6.07) is 11.7. The van der Waals surface area contributed by atoms with Gasteiger partial charge in [0.2, 0.25) is 0 Å². The number of hydrogen-bond acceptors (Lipinski definition) is 8. The first-order chi connectivity index (χ1) is 21.9. The number of alkyl halides is 2. The summed E-state index contributed by atoms with van der Waals surface area (Å²) >= 11 is 0. The van der Waals surface area contributed by atoms with Gasteiger partial charge in [0.15, 0.2) is 11.6 Å². The Balaban J connectivity index is 1.77. The van der Waals surface area contributed by atoms with Crippen LogP contribution in [0.4, 0.5) is 8.78 Å². The lowest BCUT2D eigenvalue weighted by Crippen LogP contribution is -2.64. The molecule has 12 heteroatoms. The van der Waals surface area contributed by atoms with Gasteiger partial charge < -0.3 is 19.6 Å². The minimum atomic E-state index is -3.42. The molecule has 0 radical (unpaired) electrons. The monoisotopic (exact) mass is 655 g/mol. The molecule has 47 heavy (non-hydrogen) atoms. The van der Waals surface area contributed by atoms with Crippen molar-refractivity contribution in [1.82, 2.24) is 15.7 Å². The van der Waals surface area contributed by atoms with Crippen molar-refractivity contribution in [2.24, 2.45) is 10.8 Å². The van der Waals surface area contributed by atoms with Crippen LogP contribution in [0.5, 0.6) is 0 Å². The third-order valence-corrected chi connectivity index (χ3v) is 7.29. The van der Waals surface area contributed by atoms with E-state index in [0.29, 0.717) is 5.56 Å². The molecule has 0 saturated carbocycles. The third kappa shape index (κ3) is 10.6. The normalized spacial score (nSPS) is 15.8. The van der Waals surface area contributed by atoms with Gasteiger partial charge in [0, 0.05) is 36.3 Å². The van der Waals surface area contributed by atoms with E-state index in [0.717, 1.165) is 45.3 Å². The van der Waals surface area contributed by atoms with Crippen molar-refractivity contribution in [3.8, 4) is 11.8 Å². The summed E-state index contributed by atoms with van der Waals surface area (Å²) in [6.07, 6.45) is -3.42. The Hall–Kier alpha value is -4.34. The van der Waals surface area contributed by atoms with Crippen molar-refractivity contribution in [1.29, 1.82) is 0 Å². The highest BCUT2D eigenvalue weighted by atomic mass is 19.3. The Kier molecular flexibility index (Phi) is 12.2. The second-order valence-electron chi connectivity index (χ2n) is 13.5. The number of hydroxylamine groups is 1. The Bertz CT molecular complexity index is 1480. The van der Waals surface area contributed by atoms with Crippen LogP contribution in [0.2, 0.25) is 0 Å². The zero-order chi connectivity index (χ0) is 35.0. The highest BCUT2D eigenvalue weighted by Crippen LogP contribution is 2.30. The maximum atomic E-state index is 14.6. The summed E-state index contributed by atoms with van der Waals surface area (Å²) in [5.74, 6) is 1.97. The van der Waals surface area contributed by atoms with Crippen molar-refractivity contribution in [2.45, 2.75) is 73.1 Å². The van der Waals surface area contributed by atoms with Crippen LogP contribution in [0.1, 0.15) is 75.5 Å². The topological polar surface area (TPSA) is 123 Å². The fourth-order valence-corrected chi connectivity index (χ4v) is 4.13. The second-order valence-corrected chi connectivity index (χ2v) is 13.5. The molecule has 0 unspecified atom stereocenters. The quantitative estimate of drug-likeness (QED) is 0.246. The van der Waals surface area contributed by atoms with Crippen molar-refractivity contribution >= 4 is 23.8 Å². The maximum Gasteiger partial charge on any atom is 0.337 e. The van der Waals surface area contributed by atoms with Crippen LogP contribution < -0.4 is 10.8 Å². The lowest BCUT2D eigenvalue weighted by Gasteiger charge is -2.37. The molecule has 2 N–H and O–H groups in total. The zero-order valence-corrected chi connectivity index (χ0v) is 27.9. The molecule has 254 valence electrons. The first-order valence-corrected chi connectivity index (χ1v) is 15.2.